The summed E-state index contributed by atoms with van der Waals surface area (Å²) in [4.78, 5) is 4.66. The van der Waals surface area contributed by atoms with Gasteiger partial charge >= 0.3 is 0 Å². The molecule has 0 aromatic heterocycles. The molecule has 152 valence electrons. The molecule has 2 N–H and O–H groups in total. The molecule has 3 rings (SSSR count). The van der Waals surface area contributed by atoms with E-state index in [1.807, 2.05) is 42.5 Å². The van der Waals surface area contributed by atoms with Gasteiger partial charge in [-0.2, -0.15) is 0 Å². The van der Waals surface area contributed by atoms with Gasteiger partial charge in [0.1, 0.15) is 5.75 Å². The van der Waals surface area contributed by atoms with Gasteiger partial charge in [-0.15, -0.1) is 24.0 Å². The molecular formula is C21H28IN3O3. The SMILES string of the molecule is CCNC(=NCc1cccc(OC)c1)NCc1ccc2c(c1)OCCCO2.I. The van der Waals surface area contributed by atoms with Crippen LogP contribution in [0, 0.1) is 0 Å². The van der Waals surface area contributed by atoms with Crippen molar-refractivity contribution in [1.29, 1.82) is 0 Å². The number of hydrogen-bond donors (Lipinski definition) is 2. The lowest BCUT2D eigenvalue weighted by atomic mass is 10.2. The van der Waals surface area contributed by atoms with E-state index in [9.17, 15) is 0 Å². The average molecular weight is 497 g/mol. The maximum Gasteiger partial charge on any atom is 0.191 e. The topological polar surface area (TPSA) is 64.1 Å². The number of ether oxygens (including phenoxy) is 3. The fourth-order valence-electron chi connectivity index (χ4n) is 2.79. The van der Waals surface area contributed by atoms with Crippen LogP contribution in [-0.4, -0.2) is 32.8 Å². The second kappa shape index (κ2) is 11.6. The Kier molecular flexibility index (Phi) is 9.19. The van der Waals surface area contributed by atoms with E-state index in [0.717, 1.165) is 47.3 Å². The Hall–Kier alpha value is -2.16. The molecule has 7 heteroatoms. The van der Waals surface area contributed by atoms with Crippen LogP contribution in [0.3, 0.4) is 0 Å². The number of fused-ring (bicyclic) bond motifs is 1. The summed E-state index contributed by atoms with van der Waals surface area (Å²) in [6.07, 6.45) is 0.907. The highest BCUT2D eigenvalue weighted by molar-refractivity contribution is 14.0. The van der Waals surface area contributed by atoms with Gasteiger partial charge in [0.2, 0.25) is 0 Å². The van der Waals surface area contributed by atoms with Crippen molar-refractivity contribution in [2.75, 3.05) is 26.9 Å². The van der Waals surface area contributed by atoms with Gasteiger partial charge in [0.25, 0.3) is 0 Å². The molecule has 28 heavy (non-hydrogen) atoms. The fourth-order valence-corrected chi connectivity index (χ4v) is 2.79. The maximum atomic E-state index is 5.76. The third-order valence-corrected chi connectivity index (χ3v) is 4.17. The van der Waals surface area contributed by atoms with Crippen molar-refractivity contribution in [3.8, 4) is 17.2 Å². The first kappa shape index (κ1) is 22.1. The lowest BCUT2D eigenvalue weighted by Gasteiger charge is -2.13. The standard InChI is InChI=1S/C21H27N3O3.HI/c1-3-22-21(23-14-16-6-4-7-18(12-16)25-2)24-15-17-8-9-19-20(13-17)27-11-5-10-26-19;/h4,6-9,12-13H,3,5,10-11,14-15H2,1-2H3,(H2,22,23,24);1H. The minimum Gasteiger partial charge on any atom is -0.497 e. The summed E-state index contributed by atoms with van der Waals surface area (Å²) in [6, 6.07) is 14.0. The zero-order valence-electron chi connectivity index (χ0n) is 16.4. The molecule has 6 nitrogen and oxygen atoms in total. The monoisotopic (exact) mass is 497 g/mol. The van der Waals surface area contributed by atoms with Crippen LogP contribution in [0.5, 0.6) is 17.2 Å². The molecule has 2 aromatic carbocycles. The predicted octanol–water partition coefficient (Wildman–Crippen LogP) is 3.73. The molecule has 1 aliphatic rings. The highest BCUT2D eigenvalue weighted by atomic mass is 127. The van der Waals surface area contributed by atoms with Crippen molar-refractivity contribution in [2.24, 2.45) is 4.99 Å². The maximum absolute atomic E-state index is 5.76. The lowest BCUT2D eigenvalue weighted by molar-refractivity contribution is 0.297. The van der Waals surface area contributed by atoms with Crippen LogP contribution in [0.2, 0.25) is 0 Å². The molecule has 0 amide bonds. The van der Waals surface area contributed by atoms with Crippen LogP contribution in [-0.2, 0) is 13.1 Å². The Balaban J connectivity index is 0.00000280. The number of nitrogens with zero attached hydrogens (tertiary/aromatic N) is 1. The molecule has 1 heterocycles. The summed E-state index contributed by atoms with van der Waals surface area (Å²) >= 11 is 0. The number of benzene rings is 2. The Morgan fingerprint density at radius 1 is 1.04 bits per heavy atom. The van der Waals surface area contributed by atoms with E-state index in [-0.39, 0.29) is 24.0 Å². The number of rotatable bonds is 6. The van der Waals surface area contributed by atoms with Gasteiger partial charge in [-0.1, -0.05) is 18.2 Å². The van der Waals surface area contributed by atoms with E-state index < -0.39 is 0 Å². The summed E-state index contributed by atoms with van der Waals surface area (Å²) in [5.41, 5.74) is 2.22. The van der Waals surface area contributed by atoms with Crippen molar-refractivity contribution >= 4 is 29.9 Å². The number of aliphatic imine (C=N–C) groups is 1. The number of nitrogens with one attached hydrogen (secondary N) is 2. The number of hydrogen-bond acceptors (Lipinski definition) is 4. The summed E-state index contributed by atoms with van der Waals surface area (Å²) in [5.74, 6) is 3.24. The number of methoxy groups -OCH3 is 1. The van der Waals surface area contributed by atoms with E-state index >= 15 is 0 Å². The molecule has 2 aromatic rings. The van der Waals surface area contributed by atoms with Crippen LogP contribution in [0.25, 0.3) is 0 Å². The van der Waals surface area contributed by atoms with Crippen LogP contribution in [0.15, 0.2) is 47.5 Å². The Morgan fingerprint density at radius 2 is 1.86 bits per heavy atom. The van der Waals surface area contributed by atoms with Crippen LogP contribution >= 0.6 is 24.0 Å². The number of halogens is 1. The normalized spacial score (nSPS) is 13.1. The van der Waals surface area contributed by atoms with Crippen molar-refractivity contribution in [1.82, 2.24) is 10.6 Å². The van der Waals surface area contributed by atoms with Crippen molar-refractivity contribution in [2.45, 2.75) is 26.4 Å². The minimum absolute atomic E-state index is 0. The van der Waals surface area contributed by atoms with Gasteiger partial charge in [-0.25, -0.2) is 4.99 Å². The van der Waals surface area contributed by atoms with Gasteiger partial charge in [-0.3, -0.25) is 0 Å². The second-order valence-corrected chi connectivity index (χ2v) is 6.23. The minimum atomic E-state index is 0. The third-order valence-electron chi connectivity index (χ3n) is 4.17. The predicted molar refractivity (Wildman–Crippen MR) is 122 cm³/mol. The average Bonchev–Trinajstić information content (AvgIpc) is 2.95. The van der Waals surface area contributed by atoms with Crippen LogP contribution < -0.4 is 24.8 Å². The first-order valence-electron chi connectivity index (χ1n) is 9.32. The largest absolute Gasteiger partial charge is 0.497 e. The molecule has 0 saturated heterocycles. The molecular weight excluding hydrogens is 469 g/mol. The van der Waals surface area contributed by atoms with Gasteiger partial charge in [-0.05, 0) is 42.3 Å². The zero-order valence-corrected chi connectivity index (χ0v) is 18.7. The van der Waals surface area contributed by atoms with Crippen LogP contribution in [0.4, 0.5) is 0 Å². The third kappa shape index (κ3) is 6.47. The molecule has 0 atom stereocenters. The van der Waals surface area contributed by atoms with Crippen molar-refractivity contribution < 1.29 is 14.2 Å². The first-order valence-corrected chi connectivity index (χ1v) is 9.32. The second-order valence-electron chi connectivity index (χ2n) is 6.23. The van der Waals surface area contributed by atoms with Crippen LogP contribution in [0.1, 0.15) is 24.5 Å². The van der Waals surface area contributed by atoms with E-state index in [2.05, 4.69) is 22.5 Å². The molecule has 0 bridgehead atoms. The molecule has 1 aliphatic heterocycles. The summed E-state index contributed by atoms with van der Waals surface area (Å²) in [7, 11) is 1.67. The molecule has 0 spiro atoms. The van der Waals surface area contributed by atoms with E-state index in [4.69, 9.17) is 14.2 Å². The van der Waals surface area contributed by atoms with E-state index in [0.29, 0.717) is 26.3 Å². The van der Waals surface area contributed by atoms with E-state index in [1.165, 1.54) is 0 Å². The first-order chi connectivity index (χ1) is 13.3. The summed E-state index contributed by atoms with van der Waals surface area (Å²) in [5, 5.41) is 6.65. The quantitative estimate of drug-likeness (QED) is 0.362. The fraction of sp³-hybridized carbons (Fsp3) is 0.381. The van der Waals surface area contributed by atoms with Gasteiger partial charge in [0, 0.05) is 19.5 Å². The van der Waals surface area contributed by atoms with Crippen molar-refractivity contribution in [3.05, 3.63) is 53.6 Å². The Morgan fingerprint density at radius 3 is 2.64 bits per heavy atom. The van der Waals surface area contributed by atoms with E-state index in [1.54, 1.807) is 7.11 Å². The summed E-state index contributed by atoms with van der Waals surface area (Å²) < 4.78 is 16.7. The molecule has 0 unspecified atom stereocenters. The number of guanidine groups is 1. The Labute approximate surface area is 183 Å². The van der Waals surface area contributed by atoms with Gasteiger partial charge < -0.3 is 24.8 Å². The molecule has 0 aliphatic carbocycles. The Bertz CT molecular complexity index is 783. The smallest absolute Gasteiger partial charge is 0.191 e. The molecule has 0 fully saturated rings. The summed E-state index contributed by atoms with van der Waals surface area (Å²) in [6.45, 7) is 5.47. The highest BCUT2D eigenvalue weighted by Gasteiger charge is 2.10. The van der Waals surface area contributed by atoms with Gasteiger partial charge in [0.05, 0.1) is 26.9 Å². The highest BCUT2D eigenvalue weighted by Crippen LogP contribution is 2.30. The zero-order chi connectivity index (χ0) is 18.9. The molecule has 0 saturated carbocycles. The van der Waals surface area contributed by atoms with Crippen molar-refractivity contribution in [3.63, 3.8) is 0 Å². The van der Waals surface area contributed by atoms with Gasteiger partial charge in [0.15, 0.2) is 17.5 Å². The lowest BCUT2D eigenvalue weighted by Crippen LogP contribution is -2.36. The molecule has 0 radical (unpaired) electrons.